The third-order valence-corrected chi connectivity index (χ3v) is 4.85. The summed E-state index contributed by atoms with van der Waals surface area (Å²) in [5, 5.41) is 22.6. The summed E-state index contributed by atoms with van der Waals surface area (Å²) in [7, 11) is 3.14. The minimum Gasteiger partial charge on any atom is -0.493 e. The second-order valence-electron chi connectivity index (χ2n) is 6.04. The Labute approximate surface area is 176 Å². The van der Waals surface area contributed by atoms with Crippen LogP contribution < -0.4 is 14.8 Å². The lowest BCUT2D eigenvalue weighted by molar-refractivity contribution is -0.384. The Morgan fingerprint density at radius 1 is 1.17 bits per heavy atom. The van der Waals surface area contributed by atoms with E-state index in [0.29, 0.717) is 28.6 Å². The zero-order chi connectivity index (χ0) is 21.5. The number of anilines is 1. The molecule has 0 bridgehead atoms. The predicted molar refractivity (Wildman–Crippen MR) is 113 cm³/mol. The number of hydrogen-bond donors (Lipinski definition) is 1. The summed E-state index contributed by atoms with van der Waals surface area (Å²) in [6.07, 6.45) is 3.31. The molecule has 3 aromatic rings. The molecule has 1 heterocycles. The van der Waals surface area contributed by atoms with Gasteiger partial charge in [0.15, 0.2) is 11.5 Å². The molecule has 0 fully saturated rings. The van der Waals surface area contributed by atoms with Crippen LogP contribution in [0.3, 0.4) is 0 Å². The second-order valence-corrected chi connectivity index (χ2v) is 7.10. The van der Waals surface area contributed by atoms with E-state index in [-0.39, 0.29) is 5.69 Å². The number of benzene rings is 2. The number of methoxy groups -OCH3 is 2. The van der Waals surface area contributed by atoms with Crippen LogP contribution in [0, 0.1) is 10.1 Å². The summed E-state index contributed by atoms with van der Waals surface area (Å²) in [6.45, 7) is 0. The number of nitro groups is 1. The molecular formula is C20H18N4O5S. The van der Waals surface area contributed by atoms with Gasteiger partial charge in [0.25, 0.3) is 5.69 Å². The normalized spacial score (nSPS) is 10.7. The van der Waals surface area contributed by atoms with E-state index in [1.807, 2.05) is 18.2 Å². The number of hydrogen-bond acceptors (Lipinski definition) is 8. The minimum atomic E-state index is -0.488. The number of rotatable bonds is 8. The van der Waals surface area contributed by atoms with Crippen molar-refractivity contribution >= 4 is 34.1 Å². The molecule has 9 nitrogen and oxygen atoms in total. The van der Waals surface area contributed by atoms with Gasteiger partial charge in [0, 0.05) is 24.6 Å². The third-order valence-electron chi connectivity index (χ3n) is 4.01. The highest BCUT2D eigenvalue weighted by Crippen LogP contribution is 2.29. The van der Waals surface area contributed by atoms with Gasteiger partial charge in [0.2, 0.25) is 11.0 Å². The van der Waals surface area contributed by atoms with E-state index in [1.165, 1.54) is 35.6 Å². The number of ether oxygens (including phenoxy) is 2. The lowest BCUT2D eigenvalue weighted by Gasteiger charge is -2.08. The average molecular weight is 426 g/mol. The first kappa shape index (κ1) is 20.9. The Bertz CT molecular complexity index is 1100. The molecule has 0 spiro atoms. The van der Waals surface area contributed by atoms with Gasteiger partial charge in [-0.25, -0.2) is 0 Å². The van der Waals surface area contributed by atoms with Gasteiger partial charge in [-0.3, -0.25) is 20.2 Å². The Kier molecular flexibility index (Phi) is 6.71. The smallest absolute Gasteiger partial charge is 0.270 e. The van der Waals surface area contributed by atoms with E-state index in [4.69, 9.17) is 9.47 Å². The number of amides is 1. The highest BCUT2D eigenvalue weighted by Gasteiger charge is 2.10. The van der Waals surface area contributed by atoms with Gasteiger partial charge in [-0.15, -0.1) is 10.2 Å². The molecule has 0 aliphatic heterocycles. The van der Waals surface area contributed by atoms with Crippen LogP contribution in [0.15, 0.2) is 48.5 Å². The Hall–Kier alpha value is -3.79. The second kappa shape index (κ2) is 9.61. The van der Waals surface area contributed by atoms with Gasteiger partial charge in [0.1, 0.15) is 5.01 Å². The lowest BCUT2D eigenvalue weighted by Crippen LogP contribution is -2.07. The highest BCUT2D eigenvalue weighted by molar-refractivity contribution is 7.15. The van der Waals surface area contributed by atoms with Crippen molar-refractivity contribution in [3.05, 3.63) is 74.8 Å². The van der Waals surface area contributed by atoms with Crippen molar-refractivity contribution in [2.45, 2.75) is 6.42 Å². The van der Waals surface area contributed by atoms with Crippen LogP contribution in [0.1, 0.15) is 16.1 Å². The zero-order valence-electron chi connectivity index (χ0n) is 16.2. The number of non-ortho nitro benzene ring substituents is 1. The van der Waals surface area contributed by atoms with Crippen molar-refractivity contribution in [2.75, 3.05) is 19.5 Å². The van der Waals surface area contributed by atoms with Crippen molar-refractivity contribution in [3.8, 4) is 11.5 Å². The van der Waals surface area contributed by atoms with Gasteiger partial charge in [-0.1, -0.05) is 29.5 Å². The molecular weight excluding hydrogens is 408 g/mol. The van der Waals surface area contributed by atoms with E-state index < -0.39 is 10.8 Å². The van der Waals surface area contributed by atoms with Crippen molar-refractivity contribution in [3.63, 3.8) is 0 Å². The molecule has 0 saturated carbocycles. The van der Waals surface area contributed by atoms with Crippen molar-refractivity contribution in [1.29, 1.82) is 0 Å². The molecule has 0 aliphatic carbocycles. The molecule has 0 radical (unpaired) electrons. The van der Waals surface area contributed by atoms with Crippen molar-refractivity contribution in [1.82, 2.24) is 10.2 Å². The van der Waals surface area contributed by atoms with Crippen LogP contribution in [0.25, 0.3) is 6.08 Å². The molecule has 1 aromatic heterocycles. The predicted octanol–water partition coefficient (Wildman–Crippen LogP) is 3.71. The largest absolute Gasteiger partial charge is 0.493 e. The summed E-state index contributed by atoms with van der Waals surface area (Å²) in [6, 6.07) is 11.6. The van der Waals surface area contributed by atoms with Crippen LogP contribution in [0.2, 0.25) is 0 Å². The van der Waals surface area contributed by atoms with Gasteiger partial charge < -0.3 is 9.47 Å². The number of nitrogens with one attached hydrogen (secondary N) is 1. The number of nitrogens with zero attached hydrogens (tertiary/aromatic N) is 3. The molecule has 10 heteroatoms. The molecule has 2 aromatic carbocycles. The number of carbonyl (C=O) groups excluding carboxylic acids is 1. The standard InChI is InChI=1S/C20H18N4O5S/c1-28-16-8-6-14(11-17(16)29-2)12-19-22-23-20(30-19)21-18(25)9-7-13-4-3-5-15(10-13)24(26)27/h3-11H,12H2,1-2H3,(H,21,23,25). The van der Waals surface area contributed by atoms with E-state index in [0.717, 1.165) is 10.6 Å². The summed E-state index contributed by atoms with van der Waals surface area (Å²) in [5.41, 5.74) is 1.47. The van der Waals surface area contributed by atoms with Crippen LogP contribution in [-0.2, 0) is 11.2 Å². The summed E-state index contributed by atoms with van der Waals surface area (Å²) in [5.74, 6) is 0.858. The van der Waals surface area contributed by atoms with E-state index >= 15 is 0 Å². The maximum atomic E-state index is 12.1. The maximum Gasteiger partial charge on any atom is 0.270 e. The van der Waals surface area contributed by atoms with Gasteiger partial charge in [-0.05, 0) is 29.3 Å². The topological polar surface area (TPSA) is 116 Å². The monoisotopic (exact) mass is 426 g/mol. The van der Waals surface area contributed by atoms with Crippen LogP contribution >= 0.6 is 11.3 Å². The number of carbonyl (C=O) groups is 1. The van der Waals surface area contributed by atoms with E-state index in [1.54, 1.807) is 26.4 Å². The van der Waals surface area contributed by atoms with Crippen LogP contribution in [0.5, 0.6) is 11.5 Å². The molecule has 3 rings (SSSR count). The fourth-order valence-corrected chi connectivity index (χ4v) is 3.38. The van der Waals surface area contributed by atoms with Crippen LogP contribution in [0.4, 0.5) is 10.8 Å². The number of nitro benzene ring substituents is 1. The van der Waals surface area contributed by atoms with E-state index in [9.17, 15) is 14.9 Å². The summed E-state index contributed by atoms with van der Waals surface area (Å²) >= 11 is 1.26. The molecule has 0 saturated heterocycles. The number of aromatic nitrogens is 2. The quantitative estimate of drug-likeness (QED) is 0.331. The molecule has 30 heavy (non-hydrogen) atoms. The van der Waals surface area contributed by atoms with Gasteiger partial charge >= 0.3 is 0 Å². The first-order valence-electron chi connectivity index (χ1n) is 8.75. The molecule has 0 atom stereocenters. The SMILES string of the molecule is COc1ccc(Cc2nnc(NC(=O)C=Cc3cccc([N+](=O)[O-])c3)s2)cc1OC. The van der Waals surface area contributed by atoms with Gasteiger partial charge in [0.05, 0.1) is 19.1 Å². The summed E-state index contributed by atoms with van der Waals surface area (Å²) < 4.78 is 10.5. The minimum absolute atomic E-state index is 0.0403. The first-order valence-corrected chi connectivity index (χ1v) is 9.57. The molecule has 1 amide bonds. The lowest BCUT2D eigenvalue weighted by atomic mass is 10.1. The fourth-order valence-electron chi connectivity index (χ4n) is 2.60. The average Bonchev–Trinajstić information content (AvgIpc) is 3.18. The Balaban J connectivity index is 1.62. The van der Waals surface area contributed by atoms with E-state index in [2.05, 4.69) is 15.5 Å². The van der Waals surface area contributed by atoms with Crippen molar-refractivity contribution in [2.24, 2.45) is 0 Å². The van der Waals surface area contributed by atoms with Gasteiger partial charge in [-0.2, -0.15) is 0 Å². The first-order chi connectivity index (χ1) is 14.5. The molecule has 1 N–H and O–H groups in total. The fraction of sp³-hybridized carbons (Fsp3) is 0.150. The third kappa shape index (κ3) is 5.39. The van der Waals surface area contributed by atoms with Crippen LogP contribution in [-0.4, -0.2) is 35.2 Å². The zero-order valence-corrected chi connectivity index (χ0v) is 17.0. The molecule has 154 valence electrons. The molecule has 0 aliphatic rings. The Morgan fingerprint density at radius 2 is 1.97 bits per heavy atom. The molecule has 0 unspecified atom stereocenters. The highest BCUT2D eigenvalue weighted by atomic mass is 32.1. The summed E-state index contributed by atoms with van der Waals surface area (Å²) in [4.78, 5) is 22.4. The van der Waals surface area contributed by atoms with Crippen molar-refractivity contribution < 1.29 is 19.2 Å². The Morgan fingerprint density at radius 3 is 2.70 bits per heavy atom. The maximum absolute atomic E-state index is 12.1.